The van der Waals surface area contributed by atoms with Gasteiger partial charge >= 0.3 is 6.09 Å². The quantitative estimate of drug-likeness (QED) is 0.223. The van der Waals surface area contributed by atoms with Crippen molar-refractivity contribution in [2.24, 2.45) is 22.8 Å². The van der Waals surface area contributed by atoms with E-state index >= 15 is 0 Å². The first-order valence-corrected chi connectivity index (χ1v) is 10.9. The number of rotatable bonds is 8. The summed E-state index contributed by atoms with van der Waals surface area (Å²) >= 11 is 5.88. The van der Waals surface area contributed by atoms with Crippen LogP contribution >= 0.6 is 11.6 Å². The molecule has 0 aliphatic heterocycles. The van der Waals surface area contributed by atoms with Crippen molar-refractivity contribution >= 4 is 34.9 Å². The topological polar surface area (TPSA) is 129 Å². The molecule has 3 aromatic rings. The number of amides is 1. The molecular formula is C22H25ClN8O3. The summed E-state index contributed by atoms with van der Waals surface area (Å²) in [5, 5.41) is 22.1. The highest BCUT2D eigenvalue weighted by Crippen LogP contribution is 2.17. The lowest BCUT2D eigenvalue weighted by Crippen LogP contribution is -2.23. The number of benzene rings is 1. The summed E-state index contributed by atoms with van der Waals surface area (Å²) in [5.41, 5.74) is 2.02. The Bertz CT molecular complexity index is 1170. The van der Waals surface area contributed by atoms with E-state index in [2.05, 4.69) is 36.1 Å². The number of aromatic nitrogens is 5. The molecule has 0 saturated carbocycles. The van der Waals surface area contributed by atoms with Gasteiger partial charge in [0.25, 0.3) is 0 Å². The summed E-state index contributed by atoms with van der Waals surface area (Å²) in [4.78, 5) is 26.9. The van der Waals surface area contributed by atoms with Gasteiger partial charge in [0.05, 0.1) is 17.3 Å². The van der Waals surface area contributed by atoms with Gasteiger partial charge in [0.15, 0.2) is 12.3 Å². The third-order valence-electron chi connectivity index (χ3n) is 4.52. The molecule has 0 bridgehead atoms. The standard InChI is InChI=1S/C22H25ClN8O3/c1-22(2,3)17(13-23)27-34-21(32)25-18-12-8-11-16(24-18)14-33-28-19(15-9-6-5-7-10-15)20-26-29-30-31(20)4/h5-12H,13-14H2,1-4H3,(H,24,25,32)/b27-17+,28-19-. The zero-order valence-electron chi connectivity index (χ0n) is 19.3. The molecule has 1 N–H and O–H groups in total. The summed E-state index contributed by atoms with van der Waals surface area (Å²) in [5.74, 6) is 0.872. The molecule has 1 aromatic carbocycles. The molecule has 12 heteroatoms. The molecule has 0 aliphatic rings. The van der Waals surface area contributed by atoms with Crippen molar-refractivity contribution in [2.75, 3.05) is 11.2 Å². The SMILES string of the molecule is Cn1nnnc1/C(=N\OCc1cccc(NC(=O)O/N=C(\CCl)C(C)(C)C)n1)c1ccccc1. The minimum atomic E-state index is -0.781. The number of hydrogen-bond acceptors (Lipinski definition) is 9. The van der Waals surface area contributed by atoms with E-state index in [9.17, 15) is 4.79 Å². The van der Waals surface area contributed by atoms with E-state index in [4.69, 9.17) is 21.3 Å². The lowest BCUT2D eigenvalue weighted by Gasteiger charge is -2.18. The van der Waals surface area contributed by atoms with Gasteiger partial charge < -0.3 is 4.84 Å². The first-order chi connectivity index (χ1) is 16.3. The normalized spacial score (nSPS) is 12.4. The van der Waals surface area contributed by atoms with Crippen LogP contribution in [0.2, 0.25) is 0 Å². The fourth-order valence-corrected chi connectivity index (χ4v) is 3.08. The van der Waals surface area contributed by atoms with Gasteiger partial charge in [-0.25, -0.2) is 14.5 Å². The van der Waals surface area contributed by atoms with Gasteiger partial charge in [-0.15, -0.1) is 16.7 Å². The van der Waals surface area contributed by atoms with Gasteiger partial charge in [-0.05, 0) is 22.6 Å². The number of tetrazole rings is 1. The highest BCUT2D eigenvalue weighted by molar-refractivity contribution is 6.29. The van der Waals surface area contributed by atoms with E-state index < -0.39 is 6.09 Å². The minimum absolute atomic E-state index is 0.0464. The van der Waals surface area contributed by atoms with Crippen LogP contribution in [0.1, 0.15) is 37.9 Å². The summed E-state index contributed by atoms with van der Waals surface area (Å²) in [7, 11) is 1.71. The minimum Gasteiger partial charge on any atom is -0.389 e. The van der Waals surface area contributed by atoms with E-state index in [0.29, 0.717) is 22.9 Å². The van der Waals surface area contributed by atoms with Gasteiger partial charge in [0, 0.05) is 18.0 Å². The largest absolute Gasteiger partial charge is 0.439 e. The van der Waals surface area contributed by atoms with Crippen LogP contribution in [-0.2, 0) is 23.3 Å². The zero-order valence-corrected chi connectivity index (χ0v) is 20.0. The van der Waals surface area contributed by atoms with E-state index in [0.717, 1.165) is 5.56 Å². The van der Waals surface area contributed by atoms with Gasteiger partial charge in [0.1, 0.15) is 5.82 Å². The average molecular weight is 485 g/mol. The number of pyridine rings is 1. The van der Waals surface area contributed by atoms with Crippen molar-refractivity contribution in [3.05, 3.63) is 65.6 Å². The molecule has 0 aliphatic carbocycles. The number of halogens is 1. The second kappa shape index (κ2) is 11.3. The van der Waals surface area contributed by atoms with Crippen LogP contribution in [0.25, 0.3) is 0 Å². The van der Waals surface area contributed by atoms with Crippen molar-refractivity contribution in [1.29, 1.82) is 0 Å². The Hall–Kier alpha value is -3.86. The maximum absolute atomic E-state index is 12.1. The number of oxime groups is 2. The highest BCUT2D eigenvalue weighted by atomic mass is 35.5. The first kappa shape index (κ1) is 24.8. The molecule has 178 valence electrons. The number of aryl methyl sites for hydroxylation is 1. The van der Waals surface area contributed by atoms with Crippen LogP contribution in [0, 0.1) is 5.41 Å². The first-order valence-electron chi connectivity index (χ1n) is 10.3. The van der Waals surface area contributed by atoms with Gasteiger partial charge in [-0.1, -0.05) is 67.5 Å². The molecule has 0 fully saturated rings. The molecule has 1 amide bonds. The molecule has 11 nitrogen and oxygen atoms in total. The van der Waals surface area contributed by atoms with Crippen LogP contribution in [0.15, 0.2) is 58.8 Å². The second-order valence-electron chi connectivity index (χ2n) is 8.14. The Morgan fingerprint density at radius 1 is 1.12 bits per heavy atom. The number of alkyl halides is 1. The maximum atomic E-state index is 12.1. The van der Waals surface area contributed by atoms with Crippen LogP contribution in [-0.4, -0.2) is 48.6 Å². The molecular weight excluding hydrogens is 460 g/mol. The van der Waals surface area contributed by atoms with E-state index in [1.165, 1.54) is 4.68 Å². The molecule has 3 rings (SSSR count). The van der Waals surface area contributed by atoms with Gasteiger partial charge in [-0.3, -0.25) is 10.2 Å². The van der Waals surface area contributed by atoms with E-state index in [1.807, 2.05) is 51.1 Å². The van der Waals surface area contributed by atoms with Crippen molar-refractivity contribution in [2.45, 2.75) is 27.4 Å². The predicted molar refractivity (Wildman–Crippen MR) is 128 cm³/mol. The number of carbonyl (C=O) groups excluding carboxylic acids is 1. The monoisotopic (exact) mass is 484 g/mol. The summed E-state index contributed by atoms with van der Waals surface area (Å²) in [6.45, 7) is 5.82. The fraction of sp³-hybridized carbons (Fsp3) is 0.318. The Morgan fingerprint density at radius 3 is 2.53 bits per heavy atom. The Morgan fingerprint density at radius 2 is 1.88 bits per heavy atom. The third-order valence-corrected chi connectivity index (χ3v) is 4.77. The molecule has 34 heavy (non-hydrogen) atoms. The number of hydrogen-bond donors (Lipinski definition) is 1. The third kappa shape index (κ3) is 6.82. The van der Waals surface area contributed by atoms with E-state index in [-0.39, 0.29) is 23.7 Å². The zero-order chi connectivity index (χ0) is 24.6. The van der Waals surface area contributed by atoms with Gasteiger partial charge in [-0.2, -0.15) is 0 Å². The van der Waals surface area contributed by atoms with Gasteiger partial charge in [0.2, 0.25) is 5.82 Å². The highest BCUT2D eigenvalue weighted by Gasteiger charge is 2.19. The van der Waals surface area contributed by atoms with E-state index in [1.54, 1.807) is 25.2 Å². The molecule has 0 unspecified atom stereocenters. The average Bonchev–Trinajstić information content (AvgIpc) is 3.22. The maximum Gasteiger partial charge on any atom is 0.439 e. The summed E-state index contributed by atoms with van der Waals surface area (Å²) in [6, 6.07) is 14.5. The summed E-state index contributed by atoms with van der Waals surface area (Å²) < 4.78 is 1.50. The molecule has 0 spiro atoms. The lowest BCUT2D eigenvalue weighted by atomic mass is 9.91. The predicted octanol–water partition coefficient (Wildman–Crippen LogP) is 3.76. The van der Waals surface area contributed by atoms with Crippen molar-refractivity contribution in [1.82, 2.24) is 25.2 Å². The van der Waals surface area contributed by atoms with Crippen LogP contribution in [0.5, 0.6) is 0 Å². The van der Waals surface area contributed by atoms with Crippen LogP contribution < -0.4 is 5.32 Å². The number of nitrogens with zero attached hydrogens (tertiary/aromatic N) is 7. The van der Waals surface area contributed by atoms with Crippen molar-refractivity contribution in [3.63, 3.8) is 0 Å². The second-order valence-corrected chi connectivity index (χ2v) is 8.41. The number of anilines is 1. The number of carbonyl (C=O) groups is 1. The summed E-state index contributed by atoms with van der Waals surface area (Å²) in [6.07, 6.45) is -0.781. The molecule has 0 radical (unpaired) electrons. The van der Waals surface area contributed by atoms with Crippen LogP contribution in [0.4, 0.5) is 10.6 Å². The fourth-order valence-electron chi connectivity index (χ4n) is 2.63. The lowest BCUT2D eigenvalue weighted by molar-refractivity contribution is 0.128. The van der Waals surface area contributed by atoms with Crippen molar-refractivity contribution in [3.8, 4) is 0 Å². The van der Waals surface area contributed by atoms with Crippen molar-refractivity contribution < 1.29 is 14.5 Å². The number of nitrogens with one attached hydrogen (secondary N) is 1. The Balaban J connectivity index is 1.67. The molecule has 2 aromatic heterocycles. The van der Waals surface area contributed by atoms with Crippen LogP contribution in [0.3, 0.4) is 0 Å². The molecule has 0 atom stereocenters. The molecule has 2 heterocycles. The Kier molecular flexibility index (Phi) is 8.25. The Labute approximate surface area is 201 Å². The smallest absolute Gasteiger partial charge is 0.389 e. The molecule has 0 saturated heterocycles.